The van der Waals surface area contributed by atoms with Gasteiger partial charge in [-0.15, -0.1) is 0 Å². The molecule has 0 radical (unpaired) electrons. The molecule has 1 aromatic rings. The number of benzene rings is 1. The van der Waals surface area contributed by atoms with Crippen LogP contribution in [0.15, 0.2) is 23.2 Å². The highest BCUT2D eigenvalue weighted by atomic mass is 35.5. The predicted molar refractivity (Wildman–Crippen MR) is 96.9 cm³/mol. The van der Waals surface area contributed by atoms with Gasteiger partial charge in [0.05, 0.1) is 7.11 Å². The molecule has 6 nitrogen and oxygen atoms in total. The number of hydrogen-bond acceptors (Lipinski definition) is 4. The minimum Gasteiger partial charge on any atom is -0.497 e. The fourth-order valence-corrected chi connectivity index (χ4v) is 2.19. The number of guanidine groups is 1. The lowest BCUT2D eigenvalue weighted by Crippen LogP contribution is -2.42. The highest BCUT2D eigenvalue weighted by Gasteiger charge is 2.16. The van der Waals surface area contributed by atoms with Crippen LogP contribution < -0.4 is 15.4 Å². The molecule has 0 amide bonds. The van der Waals surface area contributed by atoms with Crippen molar-refractivity contribution in [3.05, 3.63) is 28.8 Å². The number of ether oxygens (including phenoxy) is 2. The molecule has 0 aliphatic carbocycles. The van der Waals surface area contributed by atoms with Gasteiger partial charge in [0, 0.05) is 18.6 Å². The van der Waals surface area contributed by atoms with Crippen LogP contribution in [0.1, 0.15) is 26.3 Å². The van der Waals surface area contributed by atoms with E-state index in [-0.39, 0.29) is 12.5 Å². The predicted octanol–water partition coefficient (Wildman–Crippen LogP) is 2.40. The second-order valence-electron chi connectivity index (χ2n) is 6.15. The van der Waals surface area contributed by atoms with Crippen molar-refractivity contribution >= 4 is 23.5 Å². The zero-order valence-electron chi connectivity index (χ0n) is 14.9. The van der Waals surface area contributed by atoms with E-state index in [9.17, 15) is 4.79 Å². The van der Waals surface area contributed by atoms with Crippen LogP contribution in [0.5, 0.6) is 5.75 Å². The van der Waals surface area contributed by atoms with Crippen molar-refractivity contribution in [2.45, 2.75) is 32.8 Å². The standard InChI is InChI=1S/C17H26ClN3O3/c1-17(2,3)24-15(22)11-21-16(19-4)20-9-8-12-6-7-13(23-5)10-14(12)18/h6-7,10H,8-9,11H2,1-5H3,(H2,19,20,21). The summed E-state index contributed by atoms with van der Waals surface area (Å²) < 4.78 is 10.4. The summed E-state index contributed by atoms with van der Waals surface area (Å²) in [5.41, 5.74) is 0.508. The Morgan fingerprint density at radius 1 is 1.29 bits per heavy atom. The van der Waals surface area contributed by atoms with E-state index in [1.54, 1.807) is 20.2 Å². The summed E-state index contributed by atoms with van der Waals surface area (Å²) in [6, 6.07) is 5.59. The summed E-state index contributed by atoms with van der Waals surface area (Å²) in [6.07, 6.45) is 0.718. The average Bonchev–Trinajstić information content (AvgIpc) is 2.50. The number of nitrogens with zero attached hydrogens (tertiary/aromatic N) is 1. The quantitative estimate of drug-likeness (QED) is 0.466. The van der Waals surface area contributed by atoms with E-state index in [1.807, 2.05) is 32.9 Å². The van der Waals surface area contributed by atoms with Crippen LogP contribution in [0.25, 0.3) is 0 Å². The van der Waals surface area contributed by atoms with Crippen molar-refractivity contribution in [1.29, 1.82) is 0 Å². The second-order valence-corrected chi connectivity index (χ2v) is 6.55. The first-order chi connectivity index (χ1) is 11.2. The fourth-order valence-electron chi connectivity index (χ4n) is 1.93. The minimum atomic E-state index is -0.499. The molecule has 0 unspecified atom stereocenters. The average molecular weight is 356 g/mol. The second kappa shape index (κ2) is 9.37. The summed E-state index contributed by atoms with van der Waals surface area (Å²) in [4.78, 5) is 15.8. The molecule has 0 heterocycles. The Kier molecular flexibility index (Phi) is 7.85. The van der Waals surface area contributed by atoms with Gasteiger partial charge >= 0.3 is 5.97 Å². The van der Waals surface area contributed by atoms with E-state index >= 15 is 0 Å². The smallest absolute Gasteiger partial charge is 0.325 e. The van der Waals surface area contributed by atoms with Gasteiger partial charge in [-0.3, -0.25) is 9.79 Å². The van der Waals surface area contributed by atoms with Crippen LogP contribution in [0, 0.1) is 0 Å². The third-order valence-corrected chi connectivity index (χ3v) is 3.34. The molecule has 24 heavy (non-hydrogen) atoms. The third kappa shape index (κ3) is 7.55. The van der Waals surface area contributed by atoms with Crippen LogP contribution in [0.4, 0.5) is 0 Å². The molecule has 134 valence electrons. The Morgan fingerprint density at radius 3 is 2.54 bits per heavy atom. The first-order valence-electron chi connectivity index (χ1n) is 7.74. The first-order valence-corrected chi connectivity index (χ1v) is 8.11. The maximum Gasteiger partial charge on any atom is 0.325 e. The topological polar surface area (TPSA) is 72.0 Å². The lowest BCUT2D eigenvalue weighted by atomic mass is 10.1. The number of carbonyl (C=O) groups is 1. The number of hydrogen-bond donors (Lipinski definition) is 2. The van der Waals surface area contributed by atoms with Gasteiger partial charge in [0.25, 0.3) is 0 Å². The molecule has 0 saturated heterocycles. The fraction of sp³-hybridized carbons (Fsp3) is 0.529. The van der Waals surface area contributed by atoms with Crippen LogP contribution in [0.2, 0.25) is 5.02 Å². The molecule has 7 heteroatoms. The van der Waals surface area contributed by atoms with E-state index in [1.165, 1.54) is 0 Å². The Labute approximate surface area is 148 Å². The van der Waals surface area contributed by atoms with Crippen LogP contribution in [-0.4, -0.2) is 44.8 Å². The summed E-state index contributed by atoms with van der Waals surface area (Å²) in [6.45, 7) is 6.17. The summed E-state index contributed by atoms with van der Waals surface area (Å²) in [5.74, 6) is 0.931. The Bertz CT molecular complexity index is 583. The van der Waals surface area contributed by atoms with Crippen LogP contribution >= 0.6 is 11.6 Å². The van der Waals surface area contributed by atoms with Gasteiger partial charge in [0.1, 0.15) is 17.9 Å². The molecular weight excluding hydrogens is 330 g/mol. The summed E-state index contributed by atoms with van der Waals surface area (Å²) >= 11 is 6.21. The lowest BCUT2D eigenvalue weighted by molar-refractivity contribution is -0.153. The maximum atomic E-state index is 11.7. The molecule has 0 saturated carbocycles. The monoisotopic (exact) mass is 355 g/mol. The molecular formula is C17H26ClN3O3. The van der Waals surface area contributed by atoms with Gasteiger partial charge in [-0.05, 0) is 44.9 Å². The molecule has 0 spiro atoms. The number of rotatable bonds is 6. The van der Waals surface area contributed by atoms with Gasteiger partial charge in [-0.2, -0.15) is 0 Å². The van der Waals surface area contributed by atoms with Crippen LogP contribution in [-0.2, 0) is 16.0 Å². The zero-order valence-corrected chi connectivity index (χ0v) is 15.7. The third-order valence-electron chi connectivity index (χ3n) is 2.99. The molecule has 0 atom stereocenters. The highest BCUT2D eigenvalue weighted by Crippen LogP contribution is 2.22. The van der Waals surface area contributed by atoms with Gasteiger partial charge in [-0.25, -0.2) is 0 Å². The maximum absolute atomic E-state index is 11.7. The molecule has 2 N–H and O–H groups in total. The molecule has 0 fully saturated rings. The molecule has 1 aromatic carbocycles. The van der Waals surface area contributed by atoms with Gasteiger partial charge in [-0.1, -0.05) is 17.7 Å². The van der Waals surface area contributed by atoms with E-state index in [2.05, 4.69) is 15.6 Å². The van der Waals surface area contributed by atoms with Crippen molar-refractivity contribution in [2.75, 3.05) is 27.2 Å². The largest absolute Gasteiger partial charge is 0.497 e. The van der Waals surface area contributed by atoms with E-state index in [0.29, 0.717) is 17.5 Å². The lowest BCUT2D eigenvalue weighted by Gasteiger charge is -2.20. The van der Waals surface area contributed by atoms with E-state index < -0.39 is 5.60 Å². The number of nitrogens with one attached hydrogen (secondary N) is 2. The van der Waals surface area contributed by atoms with Crippen molar-refractivity contribution in [3.63, 3.8) is 0 Å². The number of carbonyl (C=O) groups excluding carboxylic acids is 1. The SMILES string of the molecule is CN=C(NCCc1ccc(OC)cc1Cl)NCC(=O)OC(C)(C)C. The van der Waals surface area contributed by atoms with Gasteiger partial charge < -0.3 is 20.1 Å². The Morgan fingerprint density at radius 2 is 2.00 bits per heavy atom. The molecule has 0 aliphatic heterocycles. The number of esters is 1. The van der Waals surface area contributed by atoms with Crippen LogP contribution in [0.3, 0.4) is 0 Å². The zero-order chi connectivity index (χ0) is 18.2. The van der Waals surface area contributed by atoms with Gasteiger partial charge in [0.15, 0.2) is 5.96 Å². The minimum absolute atomic E-state index is 0.0558. The summed E-state index contributed by atoms with van der Waals surface area (Å²) in [5, 5.41) is 6.72. The van der Waals surface area contributed by atoms with E-state index in [4.69, 9.17) is 21.1 Å². The van der Waals surface area contributed by atoms with Crippen molar-refractivity contribution in [2.24, 2.45) is 4.99 Å². The summed E-state index contributed by atoms with van der Waals surface area (Å²) in [7, 11) is 3.25. The normalized spacial score (nSPS) is 11.8. The van der Waals surface area contributed by atoms with Crippen molar-refractivity contribution < 1.29 is 14.3 Å². The molecule has 1 rings (SSSR count). The Balaban J connectivity index is 2.41. The van der Waals surface area contributed by atoms with Crippen molar-refractivity contribution in [3.8, 4) is 5.75 Å². The first kappa shape index (κ1) is 20.1. The molecule has 0 aromatic heterocycles. The van der Waals surface area contributed by atoms with Crippen molar-refractivity contribution in [1.82, 2.24) is 10.6 Å². The number of aliphatic imine (C=N–C) groups is 1. The number of halogens is 1. The Hall–Kier alpha value is -1.95. The molecule has 0 bridgehead atoms. The number of methoxy groups -OCH3 is 1. The molecule has 0 aliphatic rings. The van der Waals surface area contributed by atoms with E-state index in [0.717, 1.165) is 17.7 Å². The highest BCUT2D eigenvalue weighted by molar-refractivity contribution is 6.31. The van der Waals surface area contributed by atoms with Gasteiger partial charge in [0.2, 0.25) is 0 Å².